The van der Waals surface area contributed by atoms with E-state index in [-0.39, 0.29) is 12.2 Å². The van der Waals surface area contributed by atoms with Crippen LogP contribution in [0.3, 0.4) is 0 Å². The van der Waals surface area contributed by atoms with Gasteiger partial charge >= 0.3 is 6.09 Å². The van der Waals surface area contributed by atoms with Crippen LogP contribution in [0.15, 0.2) is 18.2 Å². The molecule has 2 fully saturated rings. The third-order valence-corrected chi connectivity index (χ3v) is 5.47. The summed E-state index contributed by atoms with van der Waals surface area (Å²) in [7, 11) is 2.02. The SMILES string of the molecule is CCCCOC(=O)N1CCOC(CN(C)c2ccc(N3CCC3)c(Cl)c2)C1. The number of anilines is 2. The van der Waals surface area contributed by atoms with Crippen molar-refractivity contribution < 1.29 is 14.3 Å². The molecule has 0 radical (unpaired) electrons. The molecule has 0 saturated carbocycles. The Hall–Kier alpha value is -1.66. The first-order valence-corrected chi connectivity index (χ1v) is 10.2. The quantitative estimate of drug-likeness (QED) is 0.660. The molecule has 2 heterocycles. The van der Waals surface area contributed by atoms with Gasteiger partial charge in [0, 0.05) is 38.9 Å². The zero-order valence-electron chi connectivity index (χ0n) is 16.3. The smallest absolute Gasteiger partial charge is 0.409 e. The molecule has 150 valence electrons. The van der Waals surface area contributed by atoms with Crippen molar-refractivity contribution >= 4 is 29.1 Å². The number of carbonyl (C=O) groups is 1. The summed E-state index contributed by atoms with van der Waals surface area (Å²) < 4.78 is 11.2. The van der Waals surface area contributed by atoms with E-state index in [1.807, 2.05) is 13.1 Å². The van der Waals surface area contributed by atoms with Gasteiger partial charge in [0.15, 0.2) is 0 Å². The molecule has 27 heavy (non-hydrogen) atoms. The van der Waals surface area contributed by atoms with E-state index in [1.165, 1.54) is 6.42 Å². The maximum atomic E-state index is 12.2. The predicted octanol–water partition coefficient (Wildman–Crippen LogP) is 3.62. The minimum Gasteiger partial charge on any atom is -0.449 e. The minimum atomic E-state index is -0.235. The largest absolute Gasteiger partial charge is 0.449 e. The van der Waals surface area contributed by atoms with Crippen LogP contribution in [-0.2, 0) is 9.47 Å². The second-order valence-electron chi connectivity index (χ2n) is 7.26. The maximum Gasteiger partial charge on any atom is 0.409 e. The van der Waals surface area contributed by atoms with Gasteiger partial charge in [0.05, 0.1) is 36.6 Å². The van der Waals surface area contributed by atoms with Gasteiger partial charge in [0.1, 0.15) is 0 Å². The molecule has 1 aromatic carbocycles. The number of halogens is 1. The van der Waals surface area contributed by atoms with Gasteiger partial charge < -0.3 is 24.2 Å². The highest BCUT2D eigenvalue weighted by Gasteiger charge is 2.26. The summed E-state index contributed by atoms with van der Waals surface area (Å²) in [6, 6.07) is 6.19. The number of morpholine rings is 1. The molecule has 2 aliphatic rings. The molecule has 0 aromatic heterocycles. The van der Waals surface area contributed by atoms with Crippen molar-refractivity contribution in [3.8, 4) is 0 Å². The highest BCUT2D eigenvalue weighted by atomic mass is 35.5. The monoisotopic (exact) mass is 395 g/mol. The third kappa shape index (κ3) is 5.20. The van der Waals surface area contributed by atoms with E-state index in [9.17, 15) is 4.79 Å². The first-order valence-electron chi connectivity index (χ1n) is 9.87. The van der Waals surface area contributed by atoms with E-state index in [2.05, 4.69) is 28.9 Å². The topological polar surface area (TPSA) is 45.2 Å². The fourth-order valence-electron chi connectivity index (χ4n) is 3.35. The summed E-state index contributed by atoms with van der Waals surface area (Å²) in [6.45, 7) is 7.09. The Morgan fingerprint density at radius 2 is 2.19 bits per heavy atom. The van der Waals surface area contributed by atoms with Gasteiger partial charge in [-0.05, 0) is 31.0 Å². The van der Waals surface area contributed by atoms with Gasteiger partial charge in [-0.15, -0.1) is 0 Å². The molecule has 0 spiro atoms. The van der Waals surface area contributed by atoms with E-state index in [1.54, 1.807) is 4.90 Å². The lowest BCUT2D eigenvalue weighted by atomic mass is 10.1. The Kier molecular flexibility index (Phi) is 7.07. The standard InChI is InChI=1S/C20H30ClN3O3/c1-3-4-11-27-20(25)24-10-12-26-17(15-24)14-22(2)16-6-7-19(18(21)13-16)23-8-5-9-23/h6-7,13,17H,3-5,8-12,14-15H2,1-2H3. The number of amides is 1. The summed E-state index contributed by atoms with van der Waals surface area (Å²) in [5.41, 5.74) is 2.16. The van der Waals surface area contributed by atoms with Crippen molar-refractivity contribution in [2.45, 2.75) is 32.3 Å². The highest BCUT2D eigenvalue weighted by molar-refractivity contribution is 6.33. The first-order chi connectivity index (χ1) is 13.1. The highest BCUT2D eigenvalue weighted by Crippen LogP contribution is 2.32. The lowest BCUT2D eigenvalue weighted by Gasteiger charge is -2.36. The van der Waals surface area contributed by atoms with Crippen molar-refractivity contribution in [3.05, 3.63) is 23.2 Å². The third-order valence-electron chi connectivity index (χ3n) is 5.17. The Morgan fingerprint density at radius 1 is 1.37 bits per heavy atom. The Morgan fingerprint density at radius 3 is 2.85 bits per heavy atom. The Labute approximate surface area is 167 Å². The number of hydrogen-bond acceptors (Lipinski definition) is 5. The van der Waals surface area contributed by atoms with Crippen molar-refractivity contribution in [2.24, 2.45) is 0 Å². The van der Waals surface area contributed by atoms with E-state index in [0.717, 1.165) is 42.3 Å². The summed E-state index contributed by atoms with van der Waals surface area (Å²) >= 11 is 6.48. The molecular formula is C20H30ClN3O3. The van der Waals surface area contributed by atoms with Gasteiger partial charge in [0.25, 0.3) is 0 Å². The lowest BCUT2D eigenvalue weighted by Crippen LogP contribution is -2.49. The molecule has 2 aliphatic heterocycles. The van der Waals surface area contributed by atoms with E-state index >= 15 is 0 Å². The fraction of sp³-hybridized carbons (Fsp3) is 0.650. The van der Waals surface area contributed by atoms with Crippen LogP contribution in [0.2, 0.25) is 5.02 Å². The number of benzene rings is 1. The van der Waals surface area contributed by atoms with Crippen molar-refractivity contribution in [1.82, 2.24) is 4.90 Å². The lowest BCUT2D eigenvalue weighted by molar-refractivity contribution is -0.0229. The number of likely N-dealkylation sites (N-methyl/N-ethyl adjacent to an activating group) is 1. The first kappa shape index (κ1) is 20.1. The number of carbonyl (C=O) groups excluding carboxylic acids is 1. The van der Waals surface area contributed by atoms with Gasteiger partial charge in [-0.3, -0.25) is 0 Å². The molecule has 1 atom stereocenters. The normalized spacial score (nSPS) is 19.6. The molecule has 1 amide bonds. The maximum absolute atomic E-state index is 12.2. The van der Waals surface area contributed by atoms with E-state index < -0.39 is 0 Å². The van der Waals surface area contributed by atoms with Gasteiger partial charge in [0.2, 0.25) is 0 Å². The minimum absolute atomic E-state index is 0.0451. The van der Waals surface area contributed by atoms with E-state index in [0.29, 0.717) is 32.8 Å². The number of unbranched alkanes of at least 4 members (excludes halogenated alkanes) is 1. The van der Waals surface area contributed by atoms with Crippen LogP contribution >= 0.6 is 11.6 Å². The summed E-state index contributed by atoms with van der Waals surface area (Å²) in [5, 5.41) is 0.782. The zero-order chi connectivity index (χ0) is 19.2. The van der Waals surface area contributed by atoms with Crippen molar-refractivity contribution in [2.75, 3.05) is 62.8 Å². The number of rotatable bonds is 7. The molecule has 7 heteroatoms. The summed E-state index contributed by atoms with van der Waals surface area (Å²) in [6.07, 6.45) is 2.87. The molecule has 1 aromatic rings. The van der Waals surface area contributed by atoms with Crippen LogP contribution < -0.4 is 9.80 Å². The van der Waals surface area contributed by atoms with Gasteiger partial charge in [-0.2, -0.15) is 0 Å². The number of ether oxygens (including phenoxy) is 2. The molecule has 0 aliphatic carbocycles. The molecular weight excluding hydrogens is 366 g/mol. The Bertz CT molecular complexity index is 639. The molecule has 2 saturated heterocycles. The molecule has 1 unspecified atom stereocenters. The van der Waals surface area contributed by atoms with Crippen LogP contribution in [0.25, 0.3) is 0 Å². The second-order valence-corrected chi connectivity index (χ2v) is 7.67. The Balaban J connectivity index is 1.53. The van der Waals surface area contributed by atoms with Crippen LogP contribution in [0.4, 0.5) is 16.2 Å². The van der Waals surface area contributed by atoms with E-state index in [4.69, 9.17) is 21.1 Å². The van der Waals surface area contributed by atoms with Crippen molar-refractivity contribution in [1.29, 1.82) is 0 Å². The number of hydrogen-bond donors (Lipinski definition) is 0. The average Bonchev–Trinajstić information content (AvgIpc) is 2.62. The molecule has 6 nitrogen and oxygen atoms in total. The predicted molar refractivity (Wildman–Crippen MR) is 109 cm³/mol. The van der Waals surface area contributed by atoms with Gasteiger partial charge in [-0.25, -0.2) is 4.79 Å². The second kappa shape index (κ2) is 9.51. The molecule has 3 rings (SSSR count). The zero-order valence-corrected chi connectivity index (χ0v) is 17.1. The fourth-order valence-corrected chi connectivity index (χ4v) is 3.64. The van der Waals surface area contributed by atoms with Crippen LogP contribution in [0, 0.1) is 0 Å². The van der Waals surface area contributed by atoms with Crippen molar-refractivity contribution in [3.63, 3.8) is 0 Å². The van der Waals surface area contributed by atoms with Crippen LogP contribution in [0.5, 0.6) is 0 Å². The van der Waals surface area contributed by atoms with Crippen LogP contribution in [-0.4, -0.2) is 70.1 Å². The summed E-state index contributed by atoms with van der Waals surface area (Å²) in [4.78, 5) is 18.3. The molecule has 0 bridgehead atoms. The summed E-state index contributed by atoms with van der Waals surface area (Å²) in [5.74, 6) is 0. The molecule has 0 N–H and O–H groups in total. The number of nitrogens with zero attached hydrogens (tertiary/aromatic N) is 3. The van der Waals surface area contributed by atoms with Gasteiger partial charge in [-0.1, -0.05) is 24.9 Å². The van der Waals surface area contributed by atoms with Crippen LogP contribution in [0.1, 0.15) is 26.2 Å². The average molecular weight is 396 g/mol.